The molecule has 4 nitrogen and oxygen atoms in total. The lowest BCUT2D eigenvalue weighted by molar-refractivity contribution is -0.118. The van der Waals surface area contributed by atoms with Crippen molar-refractivity contribution in [2.24, 2.45) is 0 Å². The van der Waals surface area contributed by atoms with Crippen molar-refractivity contribution in [2.45, 2.75) is 32.1 Å². The molecule has 1 amide bonds. The predicted molar refractivity (Wildman–Crippen MR) is 87.8 cm³/mol. The Morgan fingerprint density at radius 3 is 2.55 bits per heavy atom. The maximum atomic E-state index is 12.0. The Bertz CT molecular complexity index is 618. The Kier molecular flexibility index (Phi) is 5.95. The lowest BCUT2D eigenvalue weighted by Crippen LogP contribution is -2.28. The van der Waals surface area contributed by atoms with Crippen molar-refractivity contribution in [1.29, 1.82) is 0 Å². The number of furan rings is 1. The van der Waals surface area contributed by atoms with E-state index >= 15 is 0 Å². The molecule has 0 saturated heterocycles. The Balaban J connectivity index is 1.78. The SMILES string of the molecule is CC(C)c1ccc(CS(=O)CC(=O)NCc2ccco2)cc1. The van der Waals surface area contributed by atoms with E-state index in [9.17, 15) is 9.00 Å². The molecule has 0 spiro atoms. The molecule has 0 radical (unpaired) electrons. The standard InChI is InChI=1S/C17H21NO3S/c1-13(2)15-7-5-14(6-8-15)11-22(20)12-17(19)18-10-16-4-3-9-21-16/h3-9,13H,10-12H2,1-2H3,(H,18,19). The van der Waals surface area contributed by atoms with Crippen molar-refractivity contribution < 1.29 is 13.4 Å². The first-order valence-electron chi connectivity index (χ1n) is 7.27. The van der Waals surface area contributed by atoms with Crippen molar-refractivity contribution >= 4 is 16.7 Å². The third kappa shape index (κ3) is 5.15. The summed E-state index contributed by atoms with van der Waals surface area (Å²) in [5, 5.41) is 2.70. The van der Waals surface area contributed by atoms with Crippen molar-refractivity contribution in [3.05, 3.63) is 59.5 Å². The van der Waals surface area contributed by atoms with Crippen molar-refractivity contribution in [1.82, 2.24) is 5.32 Å². The molecule has 1 N–H and O–H groups in total. The van der Waals surface area contributed by atoms with Crippen LogP contribution in [0.5, 0.6) is 0 Å². The fourth-order valence-corrected chi connectivity index (χ4v) is 3.09. The summed E-state index contributed by atoms with van der Waals surface area (Å²) < 4.78 is 17.2. The van der Waals surface area contributed by atoms with Crippen molar-refractivity contribution in [3.8, 4) is 0 Å². The van der Waals surface area contributed by atoms with Gasteiger partial charge in [0.1, 0.15) is 11.5 Å². The van der Waals surface area contributed by atoms with Gasteiger partial charge in [0.25, 0.3) is 0 Å². The minimum Gasteiger partial charge on any atom is -0.467 e. The van der Waals surface area contributed by atoms with Gasteiger partial charge in [-0.25, -0.2) is 0 Å². The van der Waals surface area contributed by atoms with Crippen LogP contribution in [0, 0.1) is 0 Å². The van der Waals surface area contributed by atoms with Gasteiger partial charge in [0.05, 0.1) is 12.8 Å². The number of hydrogen-bond acceptors (Lipinski definition) is 3. The Labute approximate surface area is 133 Å². The fourth-order valence-electron chi connectivity index (χ4n) is 2.03. The van der Waals surface area contributed by atoms with E-state index in [0.29, 0.717) is 24.0 Å². The summed E-state index contributed by atoms with van der Waals surface area (Å²) in [6.45, 7) is 4.60. The van der Waals surface area contributed by atoms with E-state index in [0.717, 1.165) is 5.56 Å². The fraction of sp³-hybridized carbons (Fsp3) is 0.353. The zero-order valence-electron chi connectivity index (χ0n) is 12.9. The Hall–Kier alpha value is -1.88. The number of benzene rings is 1. The average molecular weight is 319 g/mol. The van der Waals surface area contributed by atoms with E-state index in [4.69, 9.17) is 4.42 Å². The molecule has 0 aliphatic rings. The molecular formula is C17H21NO3S. The van der Waals surface area contributed by atoms with Gasteiger partial charge < -0.3 is 9.73 Å². The lowest BCUT2D eigenvalue weighted by atomic mass is 10.0. The van der Waals surface area contributed by atoms with E-state index in [-0.39, 0.29) is 11.7 Å². The van der Waals surface area contributed by atoms with Gasteiger partial charge in [0.2, 0.25) is 5.91 Å². The van der Waals surface area contributed by atoms with Crippen LogP contribution in [-0.4, -0.2) is 15.9 Å². The topological polar surface area (TPSA) is 59.3 Å². The minimum absolute atomic E-state index is 0.00659. The first kappa shape index (κ1) is 16.5. The summed E-state index contributed by atoms with van der Waals surface area (Å²) in [6, 6.07) is 11.6. The third-order valence-corrected chi connectivity index (χ3v) is 4.55. The minimum atomic E-state index is -1.21. The lowest BCUT2D eigenvalue weighted by Gasteiger charge is -2.07. The first-order chi connectivity index (χ1) is 10.5. The van der Waals surface area contributed by atoms with Crippen LogP contribution in [0.4, 0.5) is 0 Å². The second-order valence-electron chi connectivity index (χ2n) is 5.48. The average Bonchev–Trinajstić information content (AvgIpc) is 2.99. The predicted octanol–water partition coefficient (Wildman–Crippen LogP) is 2.97. The molecule has 0 fully saturated rings. The summed E-state index contributed by atoms with van der Waals surface area (Å²) in [5.74, 6) is 1.34. The molecule has 1 aromatic heterocycles. The maximum Gasteiger partial charge on any atom is 0.233 e. The zero-order valence-corrected chi connectivity index (χ0v) is 13.7. The van der Waals surface area contributed by atoms with E-state index < -0.39 is 10.8 Å². The molecule has 2 aromatic rings. The van der Waals surface area contributed by atoms with Crippen LogP contribution >= 0.6 is 0 Å². The summed E-state index contributed by atoms with van der Waals surface area (Å²) in [5.41, 5.74) is 2.24. The summed E-state index contributed by atoms with van der Waals surface area (Å²) in [7, 11) is -1.21. The molecule has 0 bridgehead atoms. The van der Waals surface area contributed by atoms with Crippen LogP contribution in [0.1, 0.15) is 36.7 Å². The maximum absolute atomic E-state index is 12.0. The summed E-state index contributed by atoms with van der Waals surface area (Å²) in [4.78, 5) is 11.7. The van der Waals surface area contributed by atoms with Crippen molar-refractivity contribution in [3.63, 3.8) is 0 Å². The van der Waals surface area contributed by atoms with Gasteiger partial charge in [0.15, 0.2) is 0 Å². The van der Waals surface area contributed by atoms with Crippen LogP contribution in [0.25, 0.3) is 0 Å². The molecule has 5 heteroatoms. The molecule has 22 heavy (non-hydrogen) atoms. The van der Waals surface area contributed by atoms with Gasteiger partial charge in [-0.05, 0) is 29.2 Å². The number of carbonyl (C=O) groups excluding carboxylic acids is 1. The highest BCUT2D eigenvalue weighted by Gasteiger charge is 2.09. The number of nitrogens with one attached hydrogen (secondary N) is 1. The van der Waals surface area contributed by atoms with Crippen molar-refractivity contribution in [2.75, 3.05) is 5.75 Å². The quantitative estimate of drug-likeness (QED) is 0.853. The summed E-state index contributed by atoms with van der Waals surface area (Å²) >= 11 is 0. The second kappa shape index (κ2) is 7.94. The molecule has 1 aromatic carbocycles. The number of rotatable bonds is 7. The van der Waals surface area contributed by atoms with Gasteiger partial charge in [-0.3, -0.25) is 9.00 Å². The highest BCUT2D eigenvalue weighted by molar-refractivity contribution is 7.84. The smallest absolute Gasteiger partial charge is 0.233 e. The van der Waals surface area contributed by atoms with Gasteiger partial charge >= 0.3 is 0 Å². The van der Waals surface area contributed by atoms with Crippen LogP contribution in [0.2, 0.25) is 0 Å². The third-order valence-electron chi connectivity index (χ3n) is 3.31. The van der Waals surface area contributed by atoms with E-state index in [1.165, 1.54) is 5.56 Å². The molecule has 2 rings (SSSR count). The summed E-state index contributed by atoms with van der Waals surface area (Å²) in [6.07, 6.45) is 1.56. The molecule has 1 unspecified atom stereocenters. The highest BCUT2D eigenvalue weighted by Crippen LogP contribution is 2.15. The molecular weight excluding hydrogens is 298 g/mol. The van der Waals surface area contributed by atoms with Crippen LogP contribution < -0.4 is 5.32 Å². The molecule has 0 saturated carbocycles. The Morgan fingerprint density at radius 1 is 1.23 bits per heavy atom. The second-order valence-corrected chi connectivity index (χ2v) is 6.94. The molecule has 0 aliphatic heterocycles. The Morgan fingerprint density at radius 2 is 1.95 bits per heavy atom. The number of carbonyl (C=O) groups is 1. The molecule has 1 atom stereocenters. The van der Waals surface area contributed by atoms with Gasteiger partial charge in [-0.15, -0.1) is 0 Å². The largest absolute Gasteiger partial charge is 0.467 e. The number of hydrogen-bond donors (Lipinski definition) is 1. The van der Waals surface area contributed by atoms with Crippen LogP contribution in [-0.2, 0) is 27.9 Å². The normalized spacial score (nSPS) is 12.3. The van der Waals surface area contributed by atoms with Crippen LogP contribution in [0.3, 0.4) is 0 Å². The highest BCUT2D eigenvalue weighted by atomic mass is 32.2. The molecule has 118 valence electrons. The van der Waals surface area contributed by atoms with Gasteiger partial charge in [-0.2, -0.15) is 0 Å². The molecule has 1 heterocycles. The first-order valence-corrected chi connectivity index (χ1v) is 8.76. The van der Waals surface area contributed by atoms with Gasteiger partial charge in [-0.1, -0.05) is 38.1 Å². The van der Waals surface area contributed by atoms with E-state index in [2.05, 4.69) is 19.2 Å². The van der Waals surface area contributed by atoms with Crippen LogP contribution in [0.15, 0.2) is 47.1 Å². The monoisotopic (exact) mass is 319 g/mol. The number of amides is 1. The molecule has 0 aliphatic carbocycles. The van der Waals surface area contributed by atoms with E-state index in [1.807, 2.05) is 24.3 Å². The van der Waals surface area contributed by atoms with Gasteiger partial charge in [0, 0.05) is 16.6 Å². The van der Waals surface area contributed by atoms with E-state index in [1.54, 1.807) is 18.4 Å². The zero-order chi connectivity index (χ0) is 15.9.